The van der Waals surface area contributed by atoms with E-state index in [1.807, 2.05) is 65.2 Å². The Bertz CT molecular complexity index is 846. The van der Waals surface area contributed by atoms with Crippen LogP contribution in [0.4, 0.5) is 0 Å². The zero-order chi connectivity index (χ0) is 20.4. The van der Waals surface area contributed by atoms with E-state index in [1.165, 1.54) is 0 Å². The molecule has 0 amide bonds. The van der Waals surface area contributed by atoms with Gasteiger partial charge in [-0.2, -0.15) is 0 Å². The van der Waals surface area contributed by atoms with Crippen molar-refractivity contribution in [3.63, 3.8) is 0 Å². The van der Waals surface area contributed by atoms with Crippen molar-refractivity contribution in [1.29, 1.82) is 0 Å². The molecule has 29 heavy (non-hydrogen) atoms. The number of carbonyl (C=O) groups excluding carboxylic acids is 2. The van der Waals surface area contributed by atoms with Crippen LogP contribution in [0, 0.1) is 11.8 Å². The number of piperidine rings is 1. The summed E-state index contributed by atoms with van der Waals surface area (Å²) < 4.78 is 18.7. The number of aromatic nitrogens is 1. The molecule has 1 aromatic heterocycles. The molecule has 7 nitrogen and oxygen atoms in total. The summed E-state index contributed by atoms with van der Waals surface area (Å²) in [5.74, 6) is -1.93. The maximum atomic E-state index is 11.7. The van der Waals surface area contributed by atoms with E-state index in [9.17, 15) is 9.59 Å². The van der Waals surface area contributed by atoms with E-state index in [1.54, 1.807) is 0 Å². The Balaban J connectivity index is 1.33. The highest BCUT2D eigenvalue weighted by atomic mass is 16.8. The normalized spacial score (nSPS) is 23.8. The third-order valence-electron chi connectivity index (χ3n) is 5.58. The lowest BCUT2D eigenvalue weighted by Gasteiger charge is -2.46. The number of nitrogens with zero attached hydrogens (tertiary/aromatic N) is 2. The summed E-state index contributed by atoms with van der Waals surface area (Å²) in [5.41, 5.74) is 1.07. The maximum absolute atomic E-state index is 11.7. The molecule has 7 heteroatoms. The highest BCUT2D eigenvalue weighted by molar-refractivity contribution is 6.31. The quantitative estimate of drug-likeness (QED) is 0.423. The molecule has 154 valence electrons. The Labute approximate surface area is 170 Å². The van der Waals surface area contributed by atoms with Crippen LogP contribution in [0.5, 0.6) is 5.75 Å². The van der Waals surface area contributed by atoms with Crippen LogP contribution < -0.4 is 4.74 Å². The van der Waals surface area contributed by atoms with Gasteiger partial charge in [0.1, 0.15) is 5.75 Å². The van der Waals surface area contributed by atoms with Crippen molar-refractivity contribution in [2.45, 2.75) is 32.6 Å². The Morgan fingerprint density at radius 3 is 2.38 bits per heavy atom. The lowest BCUT2D eigenvalue weighted by molar-refractivity contribution is -0.293. The van der Waals surface area contributed by atoms with Crippen molar-refractivity contribution in [3.8, 4) is 11.4 Å². The SMILES string of the molecule is CC1CC(C)C2(OC(=O)C(=O)O2)N(CCCOc2ccc(-n3cccc3)cc2)C1. The van der Waals surface area contributed by atoms with E-state index in [0.29, 0.717) is 25.6 Å². The van der Waals surface area contributed by atoms with Crippen LogP contribution in [0.25, 0.3) is 5.69 Å². The minimum atomic E-state index is -1.26. The molecule has 0 N–H and O–H groups in total. The topological polar surface area (TPSA) is 70.0 Å². The molecule has 2 unspecified atom stereocenters. The number of hydrogen-bond acceptors (Lipinski definition) is 6. The monoisotopic (exact) mass is 398 g/mol. The van der Waals surface area contributed by atoms with Crippen LogP contribution in [0.1, 0.15) is 26.7 Å². The lowest BCUT2D eigenvalue weighted by Crippen LogP contribution is -2.60. The van der Waals surface area contributed by atoms with Gasteiger partial charge in [0.2, 0.25) is 0 Å². The maximum Gasteiger partial charge on any atom is 0.421 e. The van der Waals surface area contributed by atoms with Gasteiger partial charge in [-0.25, -0.2) is 14.5 Å². The van der Waals surface area contributed by atoms with Crippen LogP contribution in [-0.4, -0.2) is 47.0 Å². The van der Waals surface area contributed by atoms with Gasteiger partial charge >= 0.3 is 17.8 Å². The van der Waals surface area contributed by atoms with Gasteiger partial charge in [0.25, 0.3) is 0 Å². The second-order valence-electron chi connectivity index (χ2n) is 7.88. The standard InChI is InChI=1S/C22H26N2O5/c1-16-14-17(2)22(28-20(25)21(26)29-22)24(15-16)12-5-13-27-19-8-6-18(7-9-19)23-10-3-4-11-23/h3-4,6-11,16-17H,5,12-15H2,1-2H3. The molecule has 4 rings (SSSR count). The number of hydrogen-bond donors (Lipinski definition) is 0. The molecular weight excluding hydrogens is 372 g/mol. The molecule has 2 fully saturated rings. The Kier molecular flexibility index (Phi) is 5.32. The summed E-state index contributed by atoms with van der Waals surface area (Å²) in [4.78, 5) is 25.4. The molecule has 2 saturated heterocycles. The highest BCUT2D eigenvalue weighted by Crippen LogP contribution is 2.41. The van der Waals surface area contributed by atoms with Gasteiger partial charge in [-0.15, -0.1) is 0 Å². The highest BCUT2D eigenvalue weighted by Gasteiger charge is 2.58. The molecule has 0 aliphatic carbocycles. The summed E-state index contributed by atoms with van der Waals surface area (Å²) in [6.45, 7) is 5.93. The van der Waals surface area contributed by atoms with Crippen LogP contribution >= 0.6 is 0 Å². The zero-order valence-electron chi connectivity index (χ0n) is 16.7. The van der Waals surface area contributed by atoms with Crippen LogP contribution in [0.3, 0.4) is 0 Å². The van der Waals surface area contributed by atoms with E-state index in [0.717, 1.165) is 24.3 Å². The minimum Gasteiger partial charge on any atom is -0.494 e. The van der Waals surface area contributed by atoms with Crippen molar-refractivity contribution in [2.24, 2.45) is 11.8 Å². The molecule has 0 bridgehead atoms. The van der Waals surface area contributed by atoms with Crippen LogP contribution in [0.2, 0.25) is 0 Å². The summed E-state index contributed by atoms with van der Waals surface area (Å²) in [6.07, 6.45) is 5.54. The second kappa shape index (κ2) is 7.91. The predicted octanol–water partition coefficient (Wildman–Crippen LogP) is 2.98. The number of benzene rings is 1. The van der Waals surface area contributed by atoms with Gasteiger partial charge in [0.05, 0.1) is 12.5 Å². The van der Waals surface area contributed by atoms with E-state index < -0.39 is 17.8 Å². The van der Waals surface area contributed by atoms with Gasteiger partial charge in [0, 0.05) is 31.2 Å². The van der Waals surface area contributed by atoms with Crippen molar-refractivity contribution in [3.05, 3.63) is 48.8 Å². The average Bonchev–Trinajstić information content (AvgIpc) is 3.33. The van der Waals surface area contributed by atoms with Gasteiger partial charge in [-0.1, -0.05) is 13.8 Å². The van der Waals surface area contributed by atoms with Crippen LogP contribution in [-0.2, 0) is 19.1 Å². The summed E-state index contributed by atoms with van der Waals surface area (Å²) >= 11 is 0. The molecule has 2 aliphatic heterocycles. The molecule has 1 aromatic carbocycles. The van der Waals surface area contributed by atoms with Crippen molar-refractivity contribution in [2.75, 3.05) is 19.7 Å². The number of likely N-dealkylation sites (tertiary alicyclic amines) is 1. The molecule has 2 aliphatic rings. The molecule has 3 heterocycles. The number of rotatable bonds is 6. The number of esters is 2. The molecule has 0 saturated carbocycles. The molecule has 0 radical (unpaired) electrons. The van der Waals surface area contributed by atoms with E-state index >= 15 is 0 Å². The van der Waals surface area contributed by atoms with Gasteiger partial charge < -0.3 is 18.8 Å². The second-order valence-corrected chi connectivity index (χ2v) is 7.88. The molecule has 2 aromatic rings. The van der Waals surface area contributed by atoms with Gasteiger partial charge in [0.15, 0.2) is 0 Å². The minimum absolute atomic E-state index is 0.0798. The predicted molar refractivity (Wildman–Crippen MR) is 105 cm³/mol. The number of ether oxygens (including phenoxy) is 3. The first-order chi connectivity index (χ1) is 14.0. The lowest BCUT2D eigenvalue weighted by atomic mass is 9.88. The molecule has 2 atom stereocenters. The first kappa shape index (κ1) is 19.5. The number of carbonyl (C=O) groups is 2. The third kappa shape index (κ3) is 3.87. The largest absolute Gasteiger partial charge is 0.494 e. The summed E-state index contributed by atoms with van der Waals surface area (Å²) in [7, 11) is 0. The summed E-state index contributed by atoms with van der Waals surface area (Å²) in [6, 6.07) is 11.9. The fourth-order valence-electron chi connectivity index (χ4n) is 4.26. The third-order valence-corrected chi connectivity index (χ3v) is 5.58. The van der Waals surface area contributed by atoms with Crippen molar-refractivity contribution in [1.82, 2.24) is 9.47 Å². The first-order valence-corrected chi connectivity index (χ1v) is 10.1. The summed E-state index contributed by atoms with van der Waals surface area (Å²) in [5, 5.41) is 0. The van der Waals surface area contributed by atoms with E-state index in [4.69, 9.17) is 14.2 Å². The zero-order valence-corrected chi connectivity index (χ0v) is 16.7. The van der Waals surface area contributed by atoms with Crippen molar-refractivity contribution < 1.29 is 23.8 Å². The van der Waals surface area contributed by atoms with E-state index in [2.05, 4.69) is 6.92 Å². The van der Waals surface area contributed by atoms with Gasteiger partial charge in [-0.05, 0) is 55.2 Å². The fourth-order valence-corrected chi connectivity index (χ4v) is 4.26. The van der Waals surface area contributed by atoms with Gasteiger partial charge in [-0.3, -0.25) is 0 Å². The average molecular weight is 398 g/mol. The fraction of sp³-hybridized carbons (Fsp3) is 0.455. The Morgan fingerprint density at radius 1 is 1.07 bits per heavy atom. The van der Waals surface area contributed by atoms with Crippen molar-refractivity contribution >= 4 is 11.9 Å². The first-order valence-electron chi connectivity index (χ1n) is 10.1. The van der Waals surface area contributed by atoms with E-state index in [-0.39, 0.29) is 5.92 Å². The smallest absolute Gasteiger partial charge is 0.421 e. The molecule has 1 spiro atoms. The van der Waals surface area contributed by atoms with Crippen LogP contribution in [0.15, 0.2) is 48.8 Å². The Morgan fingerprint density at radius 2 is 1.72 bits per heavy atom. The Hall–Kier alpha value is -2.80. The molecular formula is C22H26N2O5.